The summed E-state index contributed by atoms with van der Waals surface area (Å²) in [5.41, 5.74) is 2.42. The Morgan fingerprint density at radius 1 is 1.12 bits per heavy atom. The molecule has 0 radical (unpaired) electrons. The predicted octanol–water partition coefficient (Wildman–Crippen LogP) is 3.79. The fraction of sp³-hybridized carbons (Fsp3) is 0.263. The number of rotatable bonds is 4. The number of methoxy groups -OCH3 is 2. The van der Waals surface area contributed by atoms with Crippen molar-refractivity contribution in [2.45, 2.75) is 20.4 Å². The molecule has 0 N–H and O–H groups in total. The van der Waals surface area contributed by atoms with Gasteiger partial charge in [0, 0.05) is 12.1 Å². The number of aromatic nitrogens is 1. The number of fused-ring (bicyclic) bond motifs is 1. The van der Waals surface area contributed by atoms with Gasteiger partial charge in [-0.05, 0) is 37.6 Å². The number of aryl methyl sites for hydroxylation is 2. The first-order valence-electron chi connectivity index (χ1n) is 7.99. The van der Waals surface area contributed by atoms with Crippen molar-refractivity contribution in [3.8, 4) is 11.5 Å². The van der Waals surface area contributed by atoms with Crippen LogP contribution in [0.4, 0.5) is 0 Å². The van der Waals surface area contributed by atoms with Crippen molar-refractivity contribution in [3.05, 3.63) is 52.3 Å². The summed E-state index contributed by atoms with van der Waals surface area (Å²) in [5.74, 6) is 1.23. The second-order valence-electron chi connectivity index (χ2n) is 5.51. The van der Waals surface area contributed by atoms with Crippen molar-refractivity contribution in [3.63, 3.8) is 0 Å². The van der Waals surface area contributed by atoms with E-state index in [1.54, 1.807) is 20.3 Å². The molecule has 1 amide bonds. The van der Waals surface area contributed by atoms with Crippen LogP contribution in [0.3, 0.4) is 0 Å². The van der Waals surface area contributed by atoms with Gasteiger partial charge in [-0.3, -0.25) is 4.79 Å². The molecular formula is C19H20N2O3S. The third-order valence-corrected chi connectivity index (χ3v) is 5.17. The molecule has 3 rings (SSSR count). The molecule has 0 fully saturated rings. The Hall–Kier alpha value is -2.60. The second-order valence-corrected chi connectivity index (χ2v) is 6.49. The SMILES string of the molecule is CCn1c(=NC(=O)c2ccccc2C)sc2c(OC)ccc(OC)c21. The molecule has 5 nitrogen and oxygen atoms in total. The van der Waals surface area contributed by atoms with Crippen LogP contribution in [0.1, 0.15) is 22.8 Å². The Morgan fingerprint density at radius 2 is 1.80 bits per heavy atom. The lowest BCUT2D eigenvalue weighted by molar-refractivity contribution is 0.0997. The third-order valence-electron chi connectivity index (χ3n) is 4.08. The average Bonchev–Trinajstić information content (AvgIpc) is 2.99. The first-order chi connectivity index (χ1) is 12.1. The molecule has 0 spiro atoms. The van der Waals surface area contributed by atoms with Crippen LogP contribution in [0.15, 0.2) is 41.4 Å². The zero-order valence-electron chi connectivity index (χ0n) is 14.7. The summed E-state index contributed by atoms with van der Waals surface area (Å²) in [6.07, 6.45) is 0. The van der Waals surface area contributed by atoms with Gasteiger partial charge in [-0.15, -0.1) is 0 Å². The number of ether oxygens (including phenoxy) is 2. The summed E-state index contributed by atoms with van der Waals surface area (Å²) in [6.45, 7) is 4.60. The number of hydrogen-bond acceptors (Lipinski definition) is 4. The molecule has 0 saturated heterocycles. The zero-order valence-corrected chi connectivity index (χ0v) is 15.5. The van der Waals surface area contributed by atoms with Gasteiger partial charge in [-0.25, -0.2) is 0 Å². The van der Waals surface area contributed by atoms with Crippen molar-refractivity contribution >= 4 is 27.5 Å². The van der Waals surface area contributed by atoms with Crippen LogP contribution < -0.4 is 14.3 Å². The number of nitrogens with zero attached hydrogens (tertiary/aromatic N) is 2. The fourth-order valence-electron chi connectivity index (χ4n) is 2.79. The molecule has 130 valence electrons. The van der Waals surface area contributed by atoms with E-state index in [2.05, 4.69) is 4.99 Å². The van der Waals surface area contributed by atoms with E-state index in [4.69, 9.17) is 9.47 Å². The predicted molar refractivity (Wildman–Crippen MR) is 99.7 cm³/mol. The summed E-state index contributed by atoms with van der Waals surface area (Å²) in [6, 6.07) is 11.2. The van der Waals surface area contributed by atoms with Crippen molar-refractivity contribution in [2.75, 3.05) is 14.2 Å². The summed E-state index contributed by atoms with van der Waals surface area (Å²) >= 11 is 1.43. The maximum absolute atomic E-state index is 12.7. The molecule has 0 aliphatic heterocycles. The number of hydrogen-bond donors (Lipinski definition) is 0. The number of amides is 1. The molecule has 0 saturated carbocycles. The zero-order chi connectivity index (χ0) is 18.0. The Labute approximate surface area is 150 Å². The van der Waals surface area contributed by atoms with Crippen LogP contribution >= 0.6 is 11.3 Å². The number of carbonyl (C=O) groups excluding carboxylic acids is 1. The molecule has 25 heavy (non-hydrogen) atoms. The van der Waals surface area contributed by atoms with Crippen molar-refractivity contribution in [1.29, 1.82) is 0 Å². The van der Waals surface area contributed by atoms with Gasteiger partial charge >= 0.3 is 0 Å². The molecule has 3 aromatic rings. The largest absolute Gasteiger partial charge is 0.495 e. The lowest BCUT2D eigenvalue weighted by Crippen LogP contribution is -2.16. The lowest BCUT2D eigenvalue weighted by Gasteiger charge is -2.08. The van der Waals surface area contributed by atoms with Gasteiger partial charge in [0.25, 0.3) is 5.91 Å². The topological polar surface area (TPSA) is 52.8 Å². The molecule has 0 bridgehead atoms. The van der Waals surface area contributed by atoms with Crippen molar-refractivity contribution in [2.24, 2.45) is 4.99 Å². The Morgan fingerprint density at radius 3 is 2.44 bits per heavy atom. The first kappa shape index (κ1) is 17.2. The summed E-state index contributed by atoms with van der Waals surface area (Å²) < 4.78 is 13.9. The smallest absolute Gasteiger partial charge is 0.279 e. The maximum Gasteiger partial charge on any atom is 0.279 e. The minimum Gasteiger partial charge on any atom is -0.495 e. The quantitative estimate of drug-likeness (QED) is 0.715. The number of thiazole rings is 1. The van der Waals surface area contributed by atoms with Crippen LogP contribution in [0.5, 0.6) is 11.5 Å². The maximum atomic E-state index is 12.7. The van der Waals surface area contributed by atoms with Crippen LogP contribution in [0, 0.1) is 6.92 Å². The minimum absolute atomic E-state index is 0.246. The van der Waals surface area contributed by atoms with Gasteiger partial charge in [0.1, 0.15) is 21.7 Å². The molecule has 0 atom stereocenters. The first-order valence-corrected chi connectivity index (χ1v) is 8.81. The van der Waals surface area contributed by atoms with E-state index < -0.39 is 0 Å². The summed E-state index contributed by atoms with van der Waals surface area (Å²) in [4.78, 5) is 17.7. The van der Waals surface area contributed by atoms with E-state index in [0.29, 0.717) is 16.9 Å². The van der Waals surface area contributed by atoms with E-state index >= 15 is 0 Å². The highest BCUT2D eigenvalue weighted by Crippen LogP contribution is 2.35. The van der Waals surface area contributed by atoms with E-state index in [1.165, 1.54) is 11.3 Å². The van der Waals surface area contributed by atoms with Crippen molar-refractivity contribution in [1.82, 2.24) is 4.57 Å². The highest BCUT2D eigenvalue weighted by atomic mass is 32.1. The molecule has 0 aliphatic rings. The van der Waals surface area contributed by atoms with E-state index in [1.807, 2.05) is 48.7 Å². The monoisotopic (exact) mass is 356 g/mol. The third kappa shape index (κ3) is 3.05. The van der Waals surface area contributed by atoms with Gasteiger partial charge in [0.2, 0.25) is 0 Å². The van der Waals surface area contributed by atoms with Gasteiger partial charge in [-0.2, -0.15) is 4.99 Å². The van der Waals surface area contributed by atoms with Gasteiger partial charge in [0.15, 0.2) is 4.80 Å². The summed E-state index contributed by atoms with van der Waals surface area (Å²) in [5, 5.41) is 0. The molecule has 1 aromatic heterocycles. The lowest BCUT2D eigenvalue weighted by atomic mass is 10.1. The molecular weight excluding hydrogens is 336 g/mol. The number of benzene rings is 2. The van der Waals surface area contributed by atoms with Crippen LogP contribution in [-0.4, -0.2) is 24.7 Å². The van der Waals surface area contributed by atoms with E-state index in [9.17, 15) is 4.79 Å². The minimum atomic E-state index is -0.246. The van der Waals surface area contributed by atoms with E-state index in [-0.39, 0.29) is 5.91 Å². The van der Waals surface area contributed by atoms with Crippen LogP contribution in [0.2, 0.25) is 0 Å². The van der Waals surface area contributed by atoms with Crippen LogP contribution in [0.25, 0.3) is 10.2 Å². The number of carbonyl (C=O) groups is 1. The molecule has 6 heteroatoms. The van der Waals surface area contributed by atoms with Crippen molar-refractivity contribution < 1.29 is 14.3 Å². The normalized spacial score (nSPS) is 11.8. The summed E-state index contributed by atoms with van der Waals surface area (Å²) in [7, 11) is 3.26. The van der Waals surface area contributed by atoms with E-state index in [0.717, 1.165) is 27.3 Å². The molecule has 2 aromatic carbocycles. The molecule has 0 unspecified atom stereocenters. The fourth-order valence-corrected chi connectivity index (χ4v) is 3.99. The average molecular weight is 356 g/mol. The Kier molecular flexibility index (Phi) is 4.90. The highest BCUT2D eigenvalue weighted by molar-refractivity contribution is 7.16. The Bertz CT molecular complexity index is 1000. The molecule has 1 heterocycles. The van der Waals surface area contributed by atoms with Gasteiger partial charge in [-0.1, -0.05) is 29.5 Å². The standard InChI is InChI=1S/C19H20N2O3S/c1-5-21-16-14(23-3)10-11-15(24-4)17(16)25-19(21)20-18(22)13-9-7-6-8-12(13)2/h6-11H,5H2,1-4H3. The van der Waals surface area contributed by atoms with Gasteiger partial charge in [0.05, 0.1) is 14.2 Å². The highest BCUT2D eigenvalue weighted by Gasteiger charge is 2.16. The molecule has 0 aliphatic carbocycles. The van der Waals surface area contributed by atoms with Gasteiger partial charge < -0.3 is 14.0 Å². The Balaban J connectivity index is 2.26. The second kappa shape index (κ2) is 7.11. The van der Waals surface area contributed by atoms with Crippen LogP contribution in [-0.2, 0) is 6.54 Å².